The fourth-order valence-electron chi connectivity index (χ4n) is 2.71. The molecule has 1 saturated heterocycles. The standard InChI is InChI=1S/C16H21N3O2S/c1-10-15(22-9-19-10)12-4-2-11(3-5-12)7-18-16(21)14-6-13(20)8-17-14/h2-5,13-14,17,19-20H,6-9H2,1H3,(H,18,21)/t13-,14+/m1/s1. The number of rotatable bonds is 4. The number of carbonyl (C=O) groups is 1. The number of aliphatic hydroxyl groups excluding tert-OH is 1. The molecule has 0 unspecified atom stereocenters. The van der Waals surface area contributed by atoms with Gasteiger partial charge in [0.05, 0.1) is 18.0 Å². The van der Waals surface area contributed by atoms with Crippen molar-refractivity contribution in [1.29, 1.82) is 0 Å². The quantitative estimate of drug-likeness (QED) is 0.667. The predicted molar refractivity (Wildman–Crippen MR) is 88.9 cm³/mol. The van der Waals surface area contributed by atoms with Crippen LogP contribution in [0.2, 0.25) is 0 Å². The summed E-state index contributed by atoms with van der Waals surface area (Å²) in [5.74, 6) is 0.883. The maximum Gasteiger partial charge on any atom is 0.237 e. The summed E-state index contributed by atoms with van der Waals surface area (Å²) in [6.45, 7) is 3.09. The van der Waals surface area contributed by atoms with Crippen molar-refractivity contribution in [3.63, 3.8) is 0 Å². The summed E-state index contributed by atoms with van der Waals surface area (Å²) in [6, 6.07) is 8.01. The summed E-state index contributed by atoms with van der Waals surface area (Å²) in [5, 5.41) is 18.7. The van der Waals surface area contributed by atoms with E-state index in [1.54, 1.807) is 0 Å². The maximum atomic E-state index is 12.0. The zero-order valence-corrected chi connectivity index (χ0v) is 13.4. The van der Waals surface area contributed by atoms with Crippen molar-refractivity contribution in [2.45, 2.75) is 32.0 Å². The molecule has 6 heteroatoms. The number of β-amino-alcohol motifs (C(OH)–C–C–N with tert-alkyl or cyclic N) is 1. The van der Waals surface area contributed by atoms with Gasteiger partial charge in [0.15, 0.2) is 0 Å². The van der Waals surface area contributed by atoms with Crippen LogP contribution in [0.4, 0.5) is 0 Å². The summed E-state index contributed by atoms with van der Waals surface area (Å²) < 4.78 is 0. The van der Waals surface area contributed by atoms with E-state index >= 15 is 0 Å². The van der Waals surface area contributed by atoms with Crippen LogP contribution in [0.25, 0.3) is 4.91 Å². The van der Waals surface area contributed by atoms with Gasteiger partial charge in [0.1, 0.15) is 0 Å². The molecule has 2 atom stereocenters. The first-order chi connectivity index (χ1) is 10.6. The summed E-state index contributed by atoms with van der Waals surface area (Å²) in [6.07, 6.45) is 0.0756. The van der Waals surface area contributed by atoms with Crippen molar-refractivity contribution < 1.29 is 9.90 Å². The number of benzene rings is 1. The minimum Gasteiger partial charge on any atom is -0.392 e. The van der Waals surface area contributed by atoms with Gasteiger partial charge in [-0.3, -0.25) is 4.79 Å². The molecule has 1 aromatic carbocycles. The maximum absolute atomic E-state index is 12.0. The zero-order valence-electron chi connectivity index (χ0n) is 12.6. The molecule has 2 aliphatic rings. The summed E-state index contributed by atoms with van der Waals surface area (Å²) in [4.78, 5) is 13.3. The zero-order chi connectivity index (χ0) is 15.5. The summed E-state index contributed by atoms with van der Waals surface area (Å²) >= 11 is 1.81. The molecule has 5 nitrogen and oxygen atoms in total. The van der Waals surface area contributed by atoms with Crippen LogP contribution in [-0.4, -0.2) is 35.6 Å². The highest BCUT2D eigenvalue weighted by Crippen LogP contribution is 2.33. The molecule has 0 spiro atoms. The first-order valence-corrected chi connectivity index (χ1v) is 8.48. The van der Waals surface area contributed by atoms with Gasteiger partial charge in [0.2, 0.25) is 5.91 Å². The number of hydrogen-bond donors (Lipinski definition) is 4. The number of aliphatic hydroxyl groups is 1. The SMILES string of the molecule is CC1=C(c2ccc(CNC(=O)[C@@H]3C[C@@H](O)CN3)cc2)SCN1. The fourth-order valence-corrected chi connectivity index (χ4v) is 3.73. The van der Waals surface area contributed by atoms with E-state index in [2.05, 4.69) is 35.0 Å². The molecule has 118 valence electrons. The Morgan fingerprint density at radius 1 is 1.41 bits per heavy atom. The minimum absolute atomic E-state index is 0.0465. The van der Waals surface area contributed by atoms with Crippen LogP contribution in [0.1, 0.15) is 24.5 Å². The summed E-state index contributed by atoms with van der Waals surface area (Å²) in [7, 11) is 0. The summed E-state index contributed by atoms with van der Waals surface area (Å²) in [5.41, 5.74) is 3.50. The Balaban J connectivity index is 1.55. The van der Waals surface area contributed by atoms with Crippen LogP contribution in [0.15, 0.2) is 30.0 Å². The minimum atomic E-state index is -0.413. The third-order valence-corrected chi connectivity index (χ3v) is 5.12. The molecule has 22 heavy (non-hydrogen) atoms. The van der Waals surface area contributed by atoms with Gasteiger partial charge in [-0.2, -0.15) is 0 Å². The van der Waals surface area contributed by atoms with E-state index in [-0.39, 0.29) is 11.9 Å². The van der Waals surface area contributed by atoms with Gasteiger partial charge < -0.3 is 21.1 Å². The van der Waals surface area contributed by atoms with Gasteiger partial charge in [-0.25, -0.2) is 0 Å². The molecule has 1 amide bonds. The first kappa shape index (κ1) is 15.4. The normalized spacial score (nSPS) is 24.5. The average molecular weight is 319 g/mol. The van der Waals surface area contributed by atoms with E-state index < -0.39 is 6.10 Å². The Hall–Kier alpha value is -1.50. The lowest BCUT2D eigenvalue weighted by molar-refractivity contribution is -0.123. The molecule has 0 bridgehead atoms. The average Bonchev–Trinajstić information content (AvgIpc) is 3.14. The molecular weight excluding hydrogens is 298 g/mol. The lowest BCUT2D eigenvalue weighted by Crippen LogP contribution is -2.39. The van der Waals surface area contributed by atoms with Crippen LogP contribution >= 0.6 is 11.8 Å². The molecule has 0 aliphatic carbocycles. The monoisotopic (exact) mass is 319 g/mol. The van der Waals surface area contributed by atoms with Crippen molar-refractivity contribution in [1.82, 2.24) is 16.0 Å². The van der Waals surface area contributed by atoms with E-state index in [4.69, 9.17) is 0 Å². The smallest absolute Gasteiger partial charge is 0.237 e. The third-order valence-electron chi connectivity index (χ3n) is 4.00. The highest BCUT2D eigenvalue weighted by molar-refractivity contribution is 8.08. The molecule has 1 aromatic rings. The van der Waals surface area contributed by atoms with Crippen molar-refractivity contribution >= 4 is 22.6 Å². The Kier molecular flexibility index (Phi) is 4.71. The van der Waals surface area contributed by atoms with Crippen molar-refractivity contribution in [3.8, 4) is 0 Å². The van der Waals surface area contributed by atoms with E-state index in [0.29, 0.717) is 19.5 Å². The molecule has 0 radical (unpaired) electrons. The van der Waals surface area contributed by atoms with Gasteiger partial charge in [0, 0.05) is 23.7 Å². The van der Waals surface area contributed by atoms with Gasteiger partial charge in [-0.15, -0.1) is 11.8 Å². The molecule has 0 aromatic heterocycles. The topological polar surface area (TPSA) is 73.4 Å². The number of allylic oxidation sites excluding steroid dienone is 1. The van der Waals surface area contributed by atoms with E-state index in [1.807, 2.05) is 23.9 Å². The largest absolute Gasteiger partial charge is 0.392 e. The van der Waals surface area contributed by atoms with Crippen LogP contribution in [0.3, 0.4) is 0 Å². The molecule has 1 fully saturated rings. The van der Waals surface area contributed by atoms with Crippen molar-refractivity contribution in [2.24, 2.45) is 0 Å². The number of amides is 1. The third kappa shape index (κ3) is 3.45. The molecular formula is C16H21N3O2S. The van der Waals surface area contributed by atoms with Crippen molar-refractivity contribution in [3.05, 3.63) is 41.1 Å². The van der Waals surface area contributed by atoms with Gasteiger partial charge in [-0.1, -0.05) is 24.3 Å². The second-order valence-electron chi connectivity index (χ2n) is 5.68. The van der Waals surface area contributed by atoms with E-state index in [1.165, 1.54) is 16.2 Å². The lowest BCUT2D eigenvalue weighted by atomic mass is 10.1. The molecule has 2 aliphatic heterocycles. The van der Waals surface area contributed by atoms with Crippen LogP contribution in [-0.2, 0) is 11.3 Å². The second-order valence-corrected chi connectivity index (χ2v) is 6.67. The Labute approximate surface area is 134 Å². The Morgan fingerprint density at radius 3 is 2.77 bits per heavy atom. The highest BCUT2D eigenvalue weighted by Gasteiger charge is 2.27. The first-order valence-electron chi connectivity index (χ1n) is 7.49. The number of carbonyl (C=O) groups excluding carboxylic acids is 1. The van der Waals surface area contributed by atoms with Gasteiger partial charge >= 0.3 is 0 Å². The molecule has 0 saturated carbocycles. The Morgan fingerprint density at radius 2 is 2.18 bits per heavy atom. The van der Waals surface area contributed by atoms with Gasteiger partial charge in [0.25, 0.3) is 0 Å². The van der Waals surface area contributed by atoms with Crippen LogP contribution in [0, 0.1) is 0 Å². The molecule has 4 N–H and O–H groups in total. The predicted octanol–water partition coefficient (Wildman–Crippen LogP) is 1.01. The second kappa shape index (κ2) is 6.73. The molecule has 3 rings (SSSR count). The number of hydrogen-bond acceptors (Lipinski definition) is 5. The van der Waals surface area contributed by atoms with Crippen LogP contribution in [0.5, 0.6) is 0 Å². The lowest BCUT2D eigenvalue weighted by Gasteiger charge is -2.11. The van der Waals surface area contributed by atoms with Crippen molar-refractivity contribution in [2.75, 3.05) is 12.4 Å². The fraction of sp³-hybridized carbons (Fsp3) is 0.438. The van der Waals surface area contributed by atoms with Gasteiger partial charge in [-0.05, 0) is 24.5 Å². The molecule has 2 heterocycles. The number of nitrogens with one attached hydrogen (secondary N) is 3. The number of thioether (sulfide) groups is 1. The van der Waals surface area contributed by atoms with Crippen LogP contribution < -0.4 is 16.0 Å². The van der Waals surface area contributed by atoms with E-state index in [0.717, 1.165) is 11.4 Å². The Bertz CT molecular complexity index is 586. The highest BCUT2D eigenvalue weighted by atomic mass is 32.2. The van der Waals surface area contributed by atoms with E-state index in [9.17, 15) is 9.90 Å².